The van der Waals surface area contributed by atoms with Gasteiger partial charge < -0.3 is 10.2 Å². The van der Waals surface area contributed by atoms with Crippen LogP contribution < -0.4 is 10.2 Å². The summed E-state index contributed by atoms with van der Waals surface area (Å²) in [7, 11) is 2.08. The largest absolute Gasteiger partial charge is 0.372 e. The molecule has 1 fully saturated rings. The van der Waals surface area contributed by atoms with Crippen LogP contribution in [-0.4, -0.2) is 19.5 Å². The van der Waals surface area contributed by atoms with Crippen LogP contribution in [0.2, 0.25) is 0 Å². The normalized spacial score (nSPS) is 21.7. The number of carbonyl (C=O) groups excluding carboxylic acids is 1. The average Bonchev–Trinajstić information content (AvgIpc) is 2.77. The standard InChI is InChI=1S/C14H17BrN2O/c1-17-9-14(6-2-3-7-14)13(18)16-11-5-4-10(15)8-12(11)17/h4-5,8H,2-3,6-7,9H2,1H3,(H,16,18). The zero-order valence-electron chi connectivity index (χ0n) is 10.5. The Kier molecular flexibility index (Phi) is 2.85. The summed E-state index contributed by atoms with van der Waals surface area (Å²) in [5.74, 6) is 0.202. The van der Waals surface area contributed by atoms with E-state index in [1.807, 2.05) is 12.1 Å². The molecule has 2 aliphatic rings. The van der Waals surface area contributed by atoms with Gasteiger partial charge in [0.15, 0.2) is 0 Å². The summed E-state index contributed by atoms with van der Waals surface area (Å²) < 4.78 is 1.05. The van der Waals surface area contributed by atoms with Crippen molar-refractivity contribution in [1.82, 2.24) is 0 Å². The summed E-state index contributed by atoms with van der Waals surface area (Å²) in [5.41, 5.74) is 1.84. The summed E-state index contributed by atoms with van der Waals surface area (Å²) in [6.07, 6.45) is 4.36. The SMILES string of the molecule is CN1CC2(CCCC2)C(=O)Nc2ccc(Br)cc21. The molecule has 3 nitrogen and oxygen atoms in total. The van der Waals surface area contributed by atoms with Gasteiger partial charge in [0.1, 0.15) is 0 Å². The van der Waals surface area contributed by atoms with Crippen LogP contribution in [0.15, 0.2) is 22.7 Å². The Labute approximate surface area is 116 Å². The van der Waals surface area contributed by atoms with Crippen LogP contribution >= 0.6 is 15.9 Å². The van der Waals surface area contributed by atoms with Crippen LogP contribution in [0.4, 0.5) is 11.4 Å². The Hall–Kier alpha value is -1.03. The molecule has 1 amide bonds. The number of anilines is 2. The van der Waals surface area contributed by atoms with Crippen molar-refractivity contribution >= 4 is 33.2 Å². The molecule has 3 rings (SSSR count). The van der Waals surface area contributed by atoms with Gasteiger partial charge in [0.05, 0.1) is 16.8 Å². The molecule has 1 aliphatic heterocycles. The first-order valence-electron chi connectivity index (χ1n) is 6.43. The highest BCUT2D eigenvalue weighted by molar-refractivity contribution is 9.10. The lowest BCUT2D eigenvalue weighted by Crippen LogP contribution is -2.40. The minimum atomic E-state index is -0.180. The van der Waals surface area contributed by atoms with Crippen molar-refractivity contribution in [3.05, 3.63) is 22.7 Å². The van der Waals surface area contributed by atoms with Crippen LogP contribution in [0.1, 0.15) is 25.7 Å². The van der Waals surface area contributed by atoms with Crippen LogP contribution in [-0.2, 0) is 4.79 Å². The van der Waals surface area contributed by atoms with Crippen molar-refractivity contribution in [1.29, 1.82) is 0 Å². The second-order valence-corrected chi connectivity index (χ2v) is 6.37. The van der Waals surface area contributed by atoms with Crippen LogP contribution in [0.5, 0.6) is 0 Å². The minimum absolute atomic E-state index is 0.180. The molecule has 4 heteroatoms. The molecule has 1 aromatic rings. The van der Waals surface area contributed by atoms with Crippen molar-refractivity contribution in [3.8, 4) is 0 Å². The Morgan fingerprint density at radius 1 is 1.33 bits per heavy atom. The number of nitrogens with zero attached hydrogens (tertiary/aromatic N) is 1. The first-order chi connectivity index (χ1) is 8.61. The molecule has 0 saturated heterocycles. The first-order valence-corrected chi connectivity index (χ1v) is 7.22. The van der Waals surface area contributed by atoms with Crippen LogP contribution in [0, 0.1) is 5.41 Å². The fraction of sp³-hybridized carbons (Fsp3) is 0.500. The number of hydrogen-bond donors (Lipinski definition) is 1. The van der Waals surface area contributed by atoms with Crippen LogP contribution in [0.3, 0.4) is 0 Å². The minimum Gasteiger partial charge on any atom is -0.372 e. The predicted octanol–water partition coefficient (Wildman–Crippen LogP) is 3.40. The number of fused-ring (bicyclic) bond motifs is 1. The van der Waals surface area contributed by atoms with E-state index in [1.54, 1.807) is 0 Å². The molecule has 1 heterocycles. The van der Waals surface area contributed by atoms with Crippen molar-refractivity contribution in [2.24, 2.45) is 5.41 Å². The van der Waals surface area contributed by atoms with Gasteiger partial charge in [-0.3, -0.25) is 4.79 Å². The van der Waals surface area contributed by atoms with Crippen molar-refractivity contribution < 1.29 is 4.79 Å². The third kappa shape index (κ3) is 1.83. The van der Waals surface area contributed by atoms with Gasteiger partial charge in [-0.2, -0.15) is 0 Å². The summed E-state index contributed by atoms with van der Waals surface area (Å²) in [6, 6.07) is 6.02. The van der Waals surface area contributed by atoms with Gasteiger partial charge in [0, 0.05) is 18.1 Å². The molecule has 0 atom stereocenters. The van der Waals surface area contributed by atoms with Crippen molar-refractivity contribution in [3.63, 3.8) is 0 Å². The molecule has 1 aliphatic carbocycles. The van der Waals surface area contributed by atoms with Gasteiger partial charge in [-0.15, -0.1) is 0 Å². The van der Waals surface area contributed by atoms with Gasteiger partial charge in [0.2, 0.25) is 5.91 Å². The van der Waals surface area contributed by atoms with E-state index in [4.69, 9.17) is 0 Å². The Morgan fingerprint density at radius 3 is 2.78 bits per heavy atom. The predicted molar refractivity (Wildman–Crippen MR) is 76.9 cm³/mol. The van der Waals surface area contributed by atoms with Gasteiger partial charge >= 0.3 is 0 Å². The smallest absolute Gasteiger partial charge is 0.232 e. The fourth-order valence-electron chi connectivity index (χ4n) is 3.23. The number of hydrogen-bond acceptors (Lipinski definition) is 2. The molecule has 96 valence electrons. The topological polar surface area (TPSA) is 32.3 Å². The molecular formula is C14H17BrN2O. The third-order valence-corrected chi connectivity index (χ3v) is 4.69. The molecule has 0 bridgehead atoms. The summed E-state index contributed by atoms with van der Waals surface area (Å²) in [4.78, 5) is 14.7. The maximum Gasteiger partial charge on any atom is 0.232 e. The highest BCUT2D eigenvalue weighted by atomic mass is 79.9. The number of amides is 1. The van der Waals surface area contributed by atoms with E-state index >= 15 is 0 Å². The monoisotopic (exact) mass is 308 g/mol. The second-order valence-electron chi connectivity index (χ2n) is 5.46. The number of halogens is 1. The summed E-state index contributed by atoms with van der Waals surface area (Å²) >= 11 is 3.49. The lowest BCUT2D eigenvalue weighted by atomic mass is 9.85. The molecule has 0 aromatic heterocycles. The Morgan fingerprint density at radius 2 is 2.06 bits per heavy atom. The van der Waals surface area contributed by atoms with Crippen molar-refractivity contribution in [2.45, 2.75) is 25.7 Å². The number of rotatable bonds is 0. The van der Waals surface area contributed by atoms with Gasteiger partial charge in [-0.25, -0.2) is 0 Å². The number of benzene rings is 1. The fourth-order valence-corrected chi connectivity index (χ4v) is 3.58. The van der Waals surface area contributed by atoms with E-state index in [0.717, 1.165) is 35.2 Å². The molecule has 0 radical (unpaired) electrons. The molecule has 1 N–H and O–H groups in total. The molecule has 18 heavy (non-hydrogen) atoms. The maximum atomic E-state index is 12.5. The Bertz CT molecular complexity index is 495. The maximum absolute atomic E-state index is 12.5. The lowest BCUT2D eigenvalue weighted by Gasteiger charge is -2.29. The van der Waals surface area contributed by atoms with E-state index in [2.05, 4.69) is 39.3 Å². The van der Waals surface area contributed by atoms with Gasteiger partial charge in [-0.05, 0) is 31.0 Å². The van der Waals surface area contributed by atoms with E-state index in [-0.39, 0.29) is 11.3 Å². The van der Waals surface area contributed by atoms with E-state index in [1.165, 1.54) is 12.8 Å². The summed E-state index contributed by atoms with van der Waals surface area (Å²) in [5, 5.41) is 3.11. The van der Waals surface area contributed by atoms with Gasteiger partial charge in [-0.1, -0.05) is 28.8 Å². The molecule has 1 spiro atoms. The Balaban J connectivity index is 2.03. The number of carbonyl (C=O) groups is 1. The third-order valence-electron chi connectivity index (χ3n) is 4.20. The zero-order chi connectivity index (χ0) is 12.8. The van der Waals surface area contributed by atoms with E-state index in [9.17, 15) is 4.79 Å². The van der Waals surface area contributed by atoms with Crippen molar-refractivity contribution in [2.75, 3.05) is 23.8 Å². The lowest BCUT2D eigenvalue weighted by molar-refractivity contribution is -0.124. The first kappa shape index (κ1) is 12.0. The quantitative estimate of drug-likeness (QED) is 0.796. The average molecular weight is 309 g/mol. The number of nitrogens with one attached hydrogen (secondary N) is 1. The van der Waals surface area contributed by atoms with E-state index < -0.39 is 0 Å². The highest BCUT2D eigenvalue weighted by Gasteiger charge is 2.44. The second kappa shape index (κ2) is 4.26. The molecule has 1 saturated carbocycles. The molecule has 1 aromatic carbocycles. The molecular weight excluding hydrogens is 292 g/mol. The zero-order valence-corrected chi connectivity index (χ0v) is 12.1. The van der Waals surface area contributed by atoms with E-state index in [0.29, 0.717) is 0 Å². The van der Waals surface area contributed by atoms with Crippen LogP contribution in [0.25, 0.3) is 0 Å². The molecule has 0 unspecified atom stereocenters. The van der Waals surface area contributed by atoms with Gasteiger partial charge in [0.25, 0.3) is 0 Å². The summed E-state index contributed by atoms with van der Waals surface area (Å²) in [6.45, 7) is 0.822. The highest BCUT2D eigenvalue weighted by Crippen LogP contribution is 2.44.